The SMILES string of the molecule is CCCCC(P(=O)(OCC)OCC)P(=S)(OCC)OCC. The molecule has 128 valence electrons. The Balaban J connectivity index is 5.57. The molecule has 0 amide bonds. The Labute approximate surface area is 134 Å². The minimum atomic E-state index is -3.34. The van der Waals surface area contributed by atoms with E-state index < -0.39 is 19.5 Å². The number of hydrogen-bond acceptors (Lipinski definition) is 6. The summed E-state index contributed by atoms with van der Waals surface area (Å²) in [6, 6.07) is 0. The van der Waals surface area contributed by atoms with Crippen LogP contribution in [0.1, 0.15) is 53.9 Å². The third-order valence-electron chi connectivity index (χ3n) is 2.78. The van der Waals surface area contributed by atoms with Gasteiger partial charge in [0.2, 0.25) is 6.49 Å². The van der Waals surface area contributed by atoms with E-state index in [-0.39, 0.29) is 0 Å². The van der Waals surface area contributed by atoms with Crippen LogP contribution in [-0.4, -0.2) is 31.8 Å². The summed E-state index contributed by atoms with van der Waals surface area (Å²) in [5.74, 6) is 0. The van der Waals surface area contributed by atoms with Gasteiger partial charge in [0.05, 0.1) is 26.4 Å². The first-order chi connectivity index (χ1) is 9.94. The van der Waals surface area contributed by atoms with Gasteiger partial charge in [0.1, 0.15) is 5.40 Å². The lowest BCUT2D eigenvalue weighted by molar-refractivity contribution is 0.208. The summed E-state index contributed by atoms with van der Waals surface area (Å²) in [7, 11) is -3.34. The van der Waals surface area contributed by atoms with Gasteiger partial charge in [0, 0.05) is 0 Å². The Morgan fingerprint density at radius 3 is 1.62 bits per heavy atom. The van der Waals surface area contributed by atoms with Gasteiger partial charge in [0.25, 0.3) is 0 Å². The Morgan fingerprint density at radius 1 is 0.857 bits per heavy atom. The first-order valence-corrected chi connectivity index (χ1v) is 12.0. The second-order valence-electron chi connectivity index (χ2n) is 4.37. The summed E-state index contributed by atoms with van der Waals surface area (Å²) >= 11 is 5.65. The van der Waals surface area contributed by atoms with Crippen molar-refractivity contribution in [2.24, 2.45) is 0 Å². The second kappa shape index (κ2) is 11.3. The van der Waals surface area contributed by atoms with E-state index in [2.05, 4.69) is 6.92 Å². The molecule has 0 saturated heterocycles. The maximum absolute atomic E-state index is 13.2. The highest BCUT2D eigenvalue weighted by Crippen LogP contribution is 2.71. The molecule has 5 nitrogen and oxygen atoms in total. The Morgan fingerprint density at radius 2 is 1.29 bits per heavy atom. The number of rotatable bonds is 13. The molecule has 1 atom stereocenters. The fourth-order valence-electron chi connectivity index (χ4n) is 2.01. The van der Waals surface area contributed by atoms with Gasteiger partial charge < -0.3 is 18.1 Å². The summed E-state index contributed by atoms with van der Waals surface area (Å²) in [4.78, 5) is 0. The first kappa shape index (κ1) is 21.7. The van der Waals surface area contributed by atoms with Crippen molar-refractivity contribution in [3.63, 3.8) is 0 Å². The van der Waals surface area contributed by atoms with Crippen molar-refractivity contribution in [1.82, 2.24) is 0 Å². The van der Waals surface area contributed by atoms with Gasteiger partial charge in [-0.3, -0.25) is 4.57 Å². The van der Waals surface area contributed by atoms with Crippen molar-refractivity contribution in [3.05, 3.63) is 0 Å². The number of hydrogen-bond donors (Lipinski definition) is 0. The summed E-state index contributed by atoms with van der Waals surface area (Å²) in [6.45, 7) is 8.17. The molecule has 0 aromatic carbocycles. The highest BCUT2D eigenvalue weighted by molar-refractivity contribution is 8.12. The minimum Gasteiger partial charge on any atom is -0.329 e. The molecule has 0 N–H and O–H groups in total. The molecule has 0 aliphatic rings. The molecule has 0 rings (SSSR count). The van der Waals surface area contributed by atoms with Crippen LogP contribution in [0.15, 0.2) is 0 Å². The zero-order valence-electron chi connectivity index (χ0n) is 13.9. The Bertz CT molecular complexity index is 314. The molecular formula is C13H30O5P2S. The average Bonchev–Trinajstić information content (AvgIpc) is 2.40. The molecule has 0 heterocycles. The van der Waals surface area contributed by atoms with Gasteiger partial charge in [-0.25, -0.2) is 0 Å². The van der Waals surface area contributed by atoms with Crippen LogP contribution in [0.4, 0.5) is 0 Å². The Hall–Kier alpha value is 0.720. The van der Waals surface area contributed by atoms with E-state index in [9.17, 15) is 4.57 Å². The average molecular weight is 360 g/mol. The molecule has 0 saturated carbocycles. The molecule has 0 aliphatic heterocycles. The van der Waals surface area contributed by atoms with Gasteiger partial charge >= 0.3 is 7.60 Å². The van der Waals surface area contributed by atoms with Crippen molar-refractivity contribution in [1.29, 1.82) is 0 Å². The number of unbranched alkanes of at least 4 members (excludes halogenated alkanes) is 1. The molecule has 0 radical (unpaired) electrons. The lowest BCUT2D eigenvalue weighted by Gasteiger charge is -2.34. The van der Waals surface area contributed by atoms with Crippen molar-refractivity contribution < 1.29 is 22.7 Å². The van der Waals surface area contributed by atoms with Crippen LogP contribution in [0.25, 0.3) is 0 Å². The highest BCUT2D eigenvalue weighted by atomic mass is 32.5. The third-order valence-corrected chi connectivity index (χ3v) is 10.9. The van der Waals surface area contributed by atoms with Crippen molar-refractivity contribution in [2.45, 2.75) is 59.3 Å². The molecule has 21 heavy (non-hydrogen) atoms. The molecule has 0 bridgehead atoms. The predicted octanol–water partition coefficient (Wildman–Crippen LogP) is 5.15. The van der Waals surface area contributed by atoms with Crippen molar-refractivity contribution >= 4 is 25.9 Å². The quantitative estimate of drug-likeness (QED) is 0.423. The van der Waals surface area contributed by atoms with E-state index in [0.29, 0.717) is 32.8 Å². The molecule has 0 aliphatic carbocycles. The lowest BCUT2D eigenvalue weighted by atomic mass is 10.3. The van der Waals surface area contributed by atoms with Crippen molar-refractivity contribution in [3.8, 4) is 0 Å². The van der Waals surface area contributed by atoms with Crippen LogP contribution in [-0.2, 0) is 34.5 Å². The zero-order valence-corrected chi connectivity index (χ0v) is 16.5. The lowest BCUT2D eigenvalue weighted by Crippen LogP contribution is -2.17. The van der Waals surface area contributed by atoms with Crippen LogP contribution in [0.5, 0.6) is 0 Å². The van der Waals surface area contributed by atoms with E-state index in [4.69, 9.17) is 29.9 Å². The van der Waals surface area contributed by atoms with Crippen LogP contribution in [0.3, 0.4) is 0 Å². The predicted molar refractivity (Wildman–Crippen MR) is 91.7 cm³/mol. The maximum atomic E-state index is 13.2. The van der Waals surface area contributed by atoms with Gasteiger partial charge in [-0.1, -0.05) is 19.8 Å². The van der Waals surface area contributed by atoms with E-state index in [0.717, 1.165) is 12.8 Å². The van der Waals surface area contributed by atoms with Crippen LogP contribution < -0.4 is 0 Å². The molecule has 0 fully saturated rings. The molecule has 0 aromatic rings. The largest absolute Gasteiger partial charge is 0.343 e. The van der Waals surface area contributed by atoms with E-state index in [1.165, 1.54) is 0 Å². The summed E-state index contributed by atoms with van der Waals surface area (Å²) < 4.78 is 35.7. The van der Waals surface area contributed by atoms with Gasteiger partial charge in [-0.05, 0) is 45.9 Å². The second-order valence-corrected chi connectivity index (χ2v) is 10.7. The molecule has 0 aromatic heterocycles. The normalized spacial score (nSPS) is 14.3. The summed E-state index contributed by atoms with van der Waals surface area (Å²) in [6.07, 6.45) is 2.49. The highest BCUT2D eigenvalue weighted by Gasteiger charge is 2.46. The fourth-order valence-corrected chi connectivity index (χ4v) is 9.46. The topological polar surface area (TPSA) is 54.0 Å². The van der Waals surface area contributed by atoms with Crippen LogP contribution >= 0.6 is 14.1 Å². The van der Waals surface area contributed by atoms with Crippen LogP contribution in [0, 0.1) is 0 Å². The van der Waals surface area contributed by atoms with Crippen LogP contribution in [0.2, 0.25) is 0 Å². The fraction of sp³-hybridized carbons (Fsp3) is 1.00. The van der Waals surface area contributed by atoms with Gasteiger partial charge in [0.15, 0.2) is 0 Å². The van der Waals surface area contributed by atoms with E-state index >= 15 is 0 Å². The van der Waals surface area contributed by atoms with Crippen molar-refractivity contribution in [2.75, 3.05) is 26.4 Å². The maximum Gasteiger partial charge on any atom is 0.343 e. The standard InChI is InChI=1S/C13H30O5P2S/c1-6-11-12-13(19(14,15-7-2)16-8-3)20(21,17-9-4)18-10-5/h13H,6-12H2,1-5H3. The summed E-state index contributed by atoms with van der Waals surface area (Å²) in [5.41, 5.74) is 0. The Kier molecular flexibility index (Phi) is 11.7. The smallest absolute Gasteiger partial charge is 0.329 e. The zero-order chi connectivity index (χ0) is 16.4. The summed E-state index contributed by atoms with van der Waals surface area (Å²) in [5, 5.41) is -0.500. The molecule has 0 spiro atoms. The third kappa shape index (κ3) is 6.78. The van der Waals surface area contributed by atoms with Gasteiger partial charge in [-0.2, -0.15) is 0 Å². The minimum absolute atomic E-state index is 0.313. The van der Waals surface area contributed by atoms with E-state index in [1.807, 2.05) is 13.8 Å². The molecule has 1 unspecified atom stereocenters. The monoisotopic (exact) mass is 360 g/mol. The van der Waals surface area contributed by atoms with E-state index in [1.54, 1.807) is 13.8 Å². The first-order valence-electron chi connectivity index (χ1n) is 7.71. The van der Waals surface area contributed by atoms with Gasteiger partial charge in [-0.15, -0.1) is 0 Å². The molecular weight excluding hydrogens is 330 g/mol. The molecule has 8 heteroatoms.